The van der Waals surface area contributed by atoms with E-state index in [9.17, 15) is 8.42 Å². The third-order valence-corrected chi connectivity index (χ3v) is 8.16. The first-order valence-electron chi connectivity index (χ1n) is 11.4. The second-order valence-corrected chi connectivity index (χ2v) is 11.0. The maximum absolute atomic E-state index is 12.9. The van der Waals surface area contributed by atoms with Crippen molar-refractivity contribution in [2.75, 3.05) is 4.72 Å². The molecule has 4 aromatic carbocycles. The van der Waals surface area contributed by atoms with E-state index in [0.29, 0.717) is 5.69 Å². The van der Waals surface area contributed by atoms with Crippen molar-refractivity contribution in [1.29, 1.82) is 0 Å². The summed E-state index contributed by atoms with van der Waals surface area (Å²) in [7, 11) is -3.65. The Hall–Kier alpha value is -3.08. The number of aryl methyl sites for hydroxylation is 3. The minimum absolute atomic E-state index is 0.176. The van der Waals surface area contributed by atoms with E-state index in [1.54, 1.807) is 30.3 Å². The van der Waals surface area contributed by atoms with Crippen molar-refractivity contribution in [2.45, 2.75) is 37.0 Å². The lowest BCUT2D eigenvalue weighted by Crippen LogP contribution is -2.13. The molecule has 5 rings (SSSR count). The van der Waals surface area contributed by atoms with Gasteiger partial charge < -0.3 is 0 Å². The monoisotopic (exact) mass is 487 g/mol. The first kappa shape index (κ1) is 22.7. The molecule has 5 heteroatoms. The third kappa shape index (κ3) is 4.75. The van der Waals surface area contributed by atoms with E-state index < -0.39 is 10.0 Å². The average Bonchev–Trinajstić information content (AvgIpc) is 2.96. The Labute approximate surface area is 206 Å². The average molecular weight is 488 g/mol. The van der Waals surface area contributed by atoms with Gasteiger partial charge in [-0.05, 0) is 90.4 Å². The first-order chi connectivity index (χ1) is 16.4. The Kier molecular flexibility index (Phi) is 6.20. The molecule has 0 spiro atoms. The van der Waals surface area contributed by atoms with Crippen LogP contribution in [0.5, 0.6) is 0 Å². The van der Waals surface area contributed by atoms with Gasteiger partial charge in [0.15, 0.2) is 0 Å². The Balaban J connectivity index is 1.47. The summed E-state index contributed by atoms with van der Waals surface area (Å²) in [6.45, 7) is 1.94. The van der Waals surface area contributed by atoms with Crippen molar-refractivity contribution >= 4 is 27.3 Å². The van der Waals surface area contributed by atoms with Gasteiger partial charge in [0.05, 0.1) is 4.90 Å². The fourth-order valence-electron chi connectivity index (χ4n) is 4.82. The van der Waals surface area contributed by atoms with E-state index in [0.717, 1.165) is 35.4 Å². The molecule has 0 saturated carbocycles. The normalized spacial score (nSPS) is 15.2. The van der Waals surface area contributed by atoms with Gasteiger partial charge >= 0.3 is 0 Å². The van der Waals surface area contributed by atoms with E-state index >= 15 is 0 Å². The van der Waals surface area contributed by atoms with Crippen LogP contribution in [0.25, 0.3) is 0 Å². The molecule has 1 N–H and O–H groups in total. The number of anilines is 1. The molecule has 0 radical (unpaired) electrons. The van der Waals surface area contributed by atoms with Crippen molar-refractivity contribution in [1.82, 2.24) is 0 Å². The van der Waals surface area contributed by atoms with Gasteiger partial charge in [-0.1, -0.05) is 71.8 Å². The zero-order valence-electron chi connectivity index (χ0n) is 19.0. The van der Waals surface area contributed by atoms with E-state index in [1.807, 2.05) is 25.1 Å². The van der Waals surface area contributed by atoms with Crippen LogP contribution in [-0.4, -0.2) is 8.42 Å². The maximum atomic E-state index is 12.9. The molecular weight excluding hydrogens is 462 g/mol. The smallest absolute Gasteiger partial charge is 0.261 e. The largest absolute Gasteiger partial charge is 0.280 e. The van der Waals surface area contributed by atoms with Gasteiger partial charge in [-0.25, -0.2) is 8.42 Å². The molecule has 1 atom stereocenters. The summed E-state index contributed by atoms with van der Waals surface area (Å²) in [6.07, 6.45) is 2.71. The Bertz CT molecular complexity index is 1450. The van der Waals surface area contributed by atoms with Crippen molar-refractivity contribution in [2.24, 2.45) is 0 Å². The van der Waals surface area contributed by atoms with E-state index in [-0.39, 0.29) is 10.8 Å². The minimum atomic E-state index is -3.65. The highest BCUT2D eigenvalue weighted by molar-refractivity contribution is 7.92. The van der Waals surface area contributed by atoms with Crippen LogP contribution in [0.1, 0.15) is 39.3 Å². The van der Waals surface area contributed by atoms with Crippen LogP contribution in [0.2, 0.25) is 5.02 Å². The number of benzene rings is 4. The van der Waals surface area contributed by atoms with Crippen LogP contribution in [0.15, 0.2) is 95.9 Å². The highest BCUT2D eigenvalue weighted by atomic mass is 35.5. The molecule has 1 aliphatic rings. The molecule has 0 saturated heterocycles. The van der Waals surface area contributed by atoms with Gasteiger partial charge in [0.25, 0.3) is 10.0 Å². The number of sulfonamides is 1. The number of hydrogen-bond donors (Lipinski definition) is 1. The van der Waals surface area contributed by atoms with Gasteiger partial charge in [-0.2, -0.15) is 0 Å². The molecule has 3 nitrogen and oxygen atoms in total. The van der Waals surface area contributed by atoms with Gasteiger partial charge in [0.1, 0.15) is 0 Å². The summed E-state index contributed by atoms with van der Waals surface area (Å²) in [5.74, 6) is 0.176. The number of hydrogen-bond acceptors (Lipinski definition) is 2. The number of rotatable bonds is 5. The van der Waals surface area contributed by atoms with Crippen LogP contribution < -0.4 is 4.72 Å². The van der Waals surface area contributed by atoms with E-state index in [2.05, 4.69) is 47.2 Å². The molecule has 0 aliphatic heterocycles. The summed E-state index contributed by atoms with van der Waals surface area (Å²) in [5, 5.41) is 0.760. The third-order valence-electron chi connectivity index (χ3n) is 6.52. The predicted molar refractivity (Wildman–Crippen MR) is 139 cm³/mol. The number of nitrogens with one attached hydrogen (secondary N) is 1. The number of fused-ring (bicyclic) bond motifs is 2. The van der Waals surface area contributed by atoms with Gasteiger partial charge in [-0.3, -0.25) is 4.72 Å². The second kappa shape index (κ2) is 9.28. The molecule has 34 heavy (non-hydrogen) atoms. The summed E-state index contributed by atoms with van der Waals surface area (Å²) in [6, 6.07) is 29.4. The predicted octanol–water partition coefficient (Wildman–Crippen LogP) is 6.92. The van der Waals surface area contributed by atoms with Crippen molar-refractivity contribution in [3.8, 4) is 0 Å². The zero-order valence-corrected chi connectivity index (χ0v) is 20.5. The fraction of sp³-hybridized carbons (Fsp3) is 0.172. The summed E-state index contributed by atoms with van der Waals surface area (Å²) in [5.41, 5.74) is 7.92. The highest BCUT2D eigenvalue weighted by Gasteiger charge is 2.24. The Morgan fingerprint density at radius 3 is 2.38 bits per heavy atom. The number of halogens is 1. The highest BCUT2D eigenvalue weighted by Crippen LogP contribution is 2.38. The zero-order chi connectivity index (χ0) is 23.7. The van der Waals surface area contributed by atoms with Gasteiger partial charge in [0.2, 0.25) is 0 Å². The van der Waals surface area contributed by atoms with E-state index in [1.165, 1.54) is 22.3 Å². The van der Waals surface area contributed by atoms with E-state index in [4.69, 9.17) is 11.6 Å². The molecule has 0 heterocycles. The second-order valence-electron chi connectivity index (χ2n) is 8.92. The Morgan fingerprint density at radius 1 is 0.824 bits per heavy atom. The molecule has 0 bridgehead atoms. The minimum Gasteiger partial charge on any atom is -0.280 e. The molecule has 4 aromatic rings. The molecular formula is C29H26ClNO2S. The lowest BCUT2D eigenvalue weighted by molar-refractivity contribution is 0.601. The summed E-state index contributed by atoms with van der Waals surface area (Å²) in [4.78, 5) is 0.256. The lowest BCUT2D eigenvalue weighted by Gasteiger charge is -2.21. The van der Waals surface area contributed by atoms with Crippen molar-refractivity contribution in [3.05, 3.63) is 129 Å². The molecule has 172 valence electrons. The molecule has 0 amide bonds. The summed E-state index contributed by atoms with van der Waals surface area (Å²) < 4.78 is 28.5. The van der Waals surface area contributed by atoms with Crippen LogP contribution in [-0.2, 0) is 29.3 Å². The van der Waals surface area contributed by atoms with Crippen LogP contribution in [0, 0.1) is 6.92 Å². The Morgan fingerprint density at radius 2 is 1.56 bits per heavy atom. The summed E-state index contributed by atoms with van der Waals surface area (Å²) >= 11 is 6.33. The van der Waals surface area contributed by atoms with Crippen molar-refractivity contribution in [3.63, 3.8) is 0 Å². The SMILES string of the molecule is Cc1ccc(S(=O)(=O)Nc2cccc(CC3c4ccccc4CCc4cc(Cl)ccc43)c2)cc1. The van der Waals surface area contributed by atoms with Gasteiger partial charge in [0, 0.05) is 16.6 Å². The standard InChI is InChI=1S/C29H26ClNO2S/c1-20-9-14-26(15-10-20)34(32,33)31-25-7-4-5-21(17-25)18-29-27-8-3-2-6-22(27)11-12-23-19-24(30)13-16-28(23)29/h2-10,13-17,19,29,31H,11-12,18H2,1H3. The van der Waals surface area contributed by atoms with Crippen LogP contribution in [0.3, 0.4) is 0 Å². The van der Waals surface area contributed by atoms with Crippen molar-refractivity contribution < 1.29 is 8.42 Å². The van der Waals surface area contributed by atoms with Gasteiger partial charge in [-0.15, -0.1) is 0 Å². The maximum Gasteiger partial charge on any atom is 0.261 e. The molecule has 1 aliphatic carbocycles. The molecule has 1 unspecified atom stereocenters. The fourth-order valence-corrected chi connectivity index (χ4v) is 6.06. The topological polar surface area (TPSA) is 46.2 Å². The lowest BCUT2D eigenvalue weighted by atomic mass is 9.83. The van der Waals surface area contributed by atoms with Crippen LogP contribution in [0.4, 0.5) is 5.69 Å². The van der Waals surface area contributed by atoms with Crippen LogP contribution >= 0.6 is 11.6 Å². The molecule has 0 aromatic heterocycles. The quantitative estimate of drug-likeness (QED) is 0.332. The first-order valence-corrected chi connectivity index (χ1v) is 13.3. The molecule has 0 fully saturated rings.